The van der Waals surface area contributed by atoms with E-state index in [1.54, 1.807) is 0 Å². The van der Waals surface area contributed by atoms with Gasteiger partial charge in [0, 0.05) is 11.1 Å². The van der Waals surface area contributed by atoms with Gasteiger partial charge in [-0.3, -0.25) is 0 Å². The van der Waals surface area contributed by atoms with Crippen molar-refractivity contribution in [2.75, 3.05) is 0 Å². The lowest BCUT2D eigenvalue weighted by Crippen LogP contribution is -2.11. The Kier molecular flexibility index (Phi) is 4.87. The molecule has 1 N–H and O–H groups in total. The number of aromatic carboxylic acids is 1. The Hall–Kier alpha value is -1.47. The Morgan fingerprint density at radius 1 is 1.00 bits per heavy atom. The molecule has 2 rings (SSSR count). The summed E-state index contributed by atoms with van der Waals surface area (Å²) < 4.78 is 29.3. The van der Waals surface area contributed by atoms with Gasteiger partial charge in [-0.05, 0) is 30.3 Å². The summed E-state index contributed by atoms with van der Waals surface area (Å²) in [4.78, 5) is 10.6. The maximum atomic E-state index is 12.2. The van der Waals surface area contributed by atoms with Crippen molar-refractivity contribution in [3.05, 3.63) is 57.0 Å². The average molecular weight is 382 g/mol. The first kappa shape index (κ1) is 16.9. The van der Waals surface area contributed by atoms with E-state index >= 15 is 0 Å². The minimum atomic E-state index is -4.29. The van der Waals surface area contributed by atoms with Crippen LogP contribution in [0.5, 0.6) is 5.75 Å². The molecule has 0 bridgehead atoms. The predicted octanol–water partition coefficient (Wildman–Crippen LogP) is 4.11. The van der Waals surface area contributed by atoms with Crippen molar-refractivity contribution in [1.29, 1.82) is 0 Å². The third-order valence-corrected chi connectivity index (χ3v) is 4.66. The monoisotopic (exact) mass is 380 g/mol. The molecule has 0 heterocycles. The van der Waals surface area contributed by atoms with Gasteiger partial charge in [-0.15, -0.1) is 0 Å². The van der Waals surface area contributed by atoms with E-state index in [0.29, 0.717) is 0 Å². The van der Waals surface area contributed by atoms with E-state index in [0.717, 1.165) is 18.2 Å². The van der Waals surface area contributed by atoms with E-state index in [-0.39, 0.29) is 31.3 Å². The van der Waals surface area contributed by atoms with E-state index in [1.807, 2.05) is 0 Å². The van der Waals surface area contributed by atoms with E-state index in [9.17, 15) is 13.2 Å². The molecule has 5 nitrogen and oxygen atoms in total. The van der Waals surface area contributed by atoms with Crippen LogP contribution in [0.2, 0.25) is 15.1 Å². The van der Waals surface area contributed by atoms with Gasteiger partial charge >= 0.3 is 16.1 Å². The maximum Gasteiger partial charge on any atom is 0.339 e. The average Bonchev–Trinajstić information content (AvgIpc) is 2.42. The molecule has 0 aliphatic heterocycles. The summed E-state index contributed by atoms with van der Waals surface area (Å²) in [5.41, 5.74) is -0.358. The second-order valence-corrected chi connectivity index (χ2v) is 6.86. The number of carbonyl (C=O) groups is 1. The lowest BCUT2D eigenvalue weighted by Gasteiger charge is -2.09. The van der Waals surface area contributed by atoms with Crippen molar-refractivity contribution >= 4 is 50.9 Å². The van der Waals surface area contributed by atoms with Crippen LogP contribution in [0, 0.1) is 0 Å². The molecule has 0 saturated heterocycles. The maximum absolute atomic E-state index is 12.2. The third-order valence-electron chi connectivity index (χ3n) is 2.55. The predicted molar refractivity (Wildman–Crippen MR) is 82.7 cm³/mol. The Morgan fingerprint density at radius 2 is 1.64 bits per heavy atom. The summed E-state index contributed by atoms with van der Waals surface area (Å²) in [6.45, 7) is 0. The highest BCUT2D eigenvalue weighted by Gasteiger charge is 2.21. The van der Waals surface area contributed by atoms with Crippen LogP contribution in [0.1, 0.15) is 10.4 Å². The van der Waals surface area contributed by atoms with Gasteiger partial charge in [0.25, 0.3) is 0 Å². The summed E-state index contributed by atoms with van der Waals surface area (Å²) in [6, 6.07) is 7.25. The van der Waals surface area contributed by atoms with Gasteiger partial charge in [0.1, 0.15) is 4.90 Å². The molecular weight excluding hydrogens is 375 g/mol. The Balaban J connectivity index is 2.45. The Labute approximate surface area is 141 Å². The number of hydrogen-bond donors (Lipinski definition) is 1. The highest BCUT2D eigenvalue weighted by molar-refractivity contribution is 7.87. The Morgan fingerprint density at radius 3 is 2.27 bits per heavy atom. The molecule has 116 valence electrons. The van der Waals surface area contributed by atoms with Crippen LogP contribution < -0.4 is 4.18 Å². The minimum absolute atomic E-state index is 0.0420. The molecule has 0 spiro atoms. The lowest BCUT2D eigenvalue weighted by atomic mass is 10.2. The zero-order valence-corrected chi connectivity index (χ0v) is 13.7. The van der Waals surface area contributed by atoms with E-state index < -0.39 is 16.1 Å². The molecule has 0 aliphatic carbocycles. The molecule has 22 heavy (non-hydrogen) atoms. The molecule has 2 aromatic rings. The molecule has 2 aromatic carbocycles. The van der Waals surface area contributed by atoms with Crippen LogP contribution in [0.3, 0.4) is 0 Å². The van der Waals surface area contributed by atoms with Gasteiger partial charge in [0.15, 0.2) is 5.75 Å². The second kappa shape index (κ2) is 6.34. The third kappa shape index (κ3) is 3.64. The molecule has 9 heteroatoms. The number of rotatable bonds is 4. The van der Waals surface area contributed by atoms with Crippen LogP contribution in [0.25, 0.3) is 0 Å². The summed E-state index contributed by atoms with van der Waals surface area (Å²) in [5.74, 6) is -1.52. The standard InChI is InChI=1S/C13H7Cl3O5S/c14-7-1-3-11(16)12(5-7)21-22(19,20)8-2-4-10(15)9(6-8)13(17)18/h1-6H,(H,17,18). The van der Waals surface area contributed by atoms with Crippen molar-refractivity contribution < 1.29 is 22.5 Å². The molecule has 0 aliphatic rings. The van der Waals surface area contributed by atoms with Crippen LogP contribution in [0.4, 0.5) is 0 Å². The first-order valence-electron chi connectivity index (χ1n) is 5.63. The van der Waals surface area contributed by atoms with Crippen LogP contribution in [-0.4, -0.2) is 19.5 Å². The zero-order valence-electron chi connectivity index (χ0n) is 10.6. The van der Waals surface area contributed by atoms with Crippen LogP contribution in [-0.2, 0) is 10.1 Å². The lowest BCUT2D eigenvalue weighted by molar-refractivity contribution is 0.0697. The SMILES string of the molecule is O=C(O)c1cc(S(=O)(=O)Oc2cc(Cl)ccc2Cl)ccc1Cl. The van der Waals surface area contributed by atoms with Gasteiger partial charge < -0.3 is 9.29 Å². The van der Waals surface area contributed by atoms with E-state index in [2.05, 4.69) is 0 Å². The molecule has 0 amide bonds. The molecule has 0 radical (unpaired) electrons. The molecule has 0 atom stereocenters. The van der Waals surface area contributed by atoms with Crippen molar-refractivity contribution in [2.24, 2.45) is 0 Å². The topological polar surface area (TPSA) is 80.7 Å². The second-order valence-electron chi connectivity index (χ2n) is 4.06. The largest absolute Gasteiger partial charge is 0.478 e. The summed E-state index contributed by atoms with van der Waals surface area (Å²) >= 11 is 17.3. The van der Waals surface area contributed by atoms with Crippen molar-refractivity contribution in [3.8, 4) is 5.75 Å². The van der Waals surface area contributed by atoms with Gasteiger partial charge in [0.05, 0.1) is 15.6 Å². The van der Waals surface area contributed by atoms with Crippen molar-refractivity contribution in [3.63, 3.8) is 0 Å². The normalized spacial score (nSPS) is 11.2. The zero-order chi connectivity index (χ0) is 16.5. The van der Waals surface area contributed by atoms with Gasteiger partial charge in [-0.2, -0.15) is 8.42 Å². The van der Waals surface area contributed by atoms with Gasteiger partial charge in [0.2, 0.25) is 0 Å². The van der Waals surface area contributed by atoms with Gasteiger partial charge in [-0.25, -0.2) is 4.79 Å². The minimum Gasteiger partial charge on any atom is -0.478 e. The van der Waals surface area contributed by atoms with Crippen LogP contribution in [0.15, 0.2) is 41.3 Å². The highest BCUT2D eigenvalue weighted by Crippen LogP contribution is 2.31. The fourth-order valence-electron chi connectivity index (χ4n) is 1.53. The quantitative estimate of drug-likeness (QED) is 0.806. The number of carboxylic acids is 1. The van der Waals surface area contributed by atoms with Gasteiger partial charge in [-0.1, -0.05) is 34.8 Å². The van der Waals surface area contributed by atoms with E-state index in [1.165, 1.54) is 18.2 Å². The van der Waals surface area contributed by atoms with Crippen molar-refractivity contribution in [2.45, 2.75) is 4.90 Å². The smallest absolute Gasteiger partial charge is 0.339 e. The summed E-state index contributed by atoms with van der Waals surface area (Å²) in [6.07, 6.45) is 0. The Bertz CT molecular complexity index is 849. The summed E-state index contributed by atoms with van der Waals surface area (Å²) in [5, 5.41) is 9.15. The number of carboxylic acid groups (broad SMARTS) is 1. The highest BCUT2D eigenvalue weighted by atomic mass is 35.5. The molecular formula is C13H7Cl3O5S. The molecule has 0 saturated carbocycles. The number of benzene rings is 2. The first-order valence-corrected chi connectivity index (χ1v) is 8.17. The molecule has 0 fully saturated rings. The fraction of sp³-hybridized carbons (Fsp3) is 0. The van der Waals surface area contributed by atoms with Crippen LogP contribution >= 0.6 is 34.8 Å². The first-order chi connectivity index (χ1) is 10.2. The van der Waals surface area contributed by atoms with Crippen molar-refractivity contribution in [1.82, 2.24) is 0 Å². The van der Waals surface area contributed by atoms with E-state index in [4.69, 9.17) is 44.1 Å². The molecule has 0 aromatic heterocycles. The number of halogens is 3. The summed E-state index contributed by atoms with van der Waals surface area (Å²) in [7, 11) is -4.29. The fourth-order valence-corrected chi connectivity index (χ4v) is 3.06. The number of hydrogen-bond acceptors (Lipinski definition) is 4. The molecule has 0 unspecified atom stereocenters.